The molecule has 3 heterocycles. The quantitative estimate of drug-likeness (QED) is 0.717. The van der Waals surface area contributed by atoms with Gasteiger partial charge in [0.25, 0.3) is 0 Å². The molecule has 0 unspecified atom stereocenters. The Morgan fingerprint density at radius 2 is 1.00 bits per heavy atom. The normalized spacial score (nSPS) is 11.4. The van der Waals surface area contributed by atoms with Gasteiger partial charge in [-0.3, -0.25) is 0 Å². The van der Waals surface area contributed by atoms with Crippen LogP contribution in [0.4, 0.5) is 0 Å². The van der Waals surface area contributed by atoms with Gasteiger partial charge in [0.1, 0.15) is 0 Å². The van der Waals surface area contributed by atoms with Crippen molar-refractivity contribution in [1.82, 2.24) is 29.3 Å². The second-order valence-corrected chi connectivity index (χ2v) is 4.84. The van der Waals surface area contributed by atoms with Crippen molar-refractivity contribution in [3.05, 3.63) is 53.9 Å². The van der Waals surface area contributed by atoms with E-state index in [1.54, 1.807) is 0 Å². The highest BCUT2D eigenvalue weighted by Crippen LogP contribution is 2.13. The molecule has 0 saturated carbocycles. The molecule has 0 saturated heterocycles. The van der Waals surface area contributed by atoms with E-state index in [9.17, 15) is 0 Å². The fourth-order valence-corrected chi connectivity index (χ4v) is 2.04. The van der Waals surface area contributed by atoms with Crippen LogP contribution in [0.25, 0.3) is 0 Å². The second kappa shape index (κ2) is 4.38. The van der Waals surface area contributed by atoms with Gasteiger partial charge in [0.2, 0.25) is 6.29 Å². The molecule has 6 nitrogen and oxygen atoms in total. The molecule has 3 aromatic heterocycles. The smallest absolute Gasteiger partial charge is 0.227 e. The van der Waals surface area contributed by atoms with Crippen LogP contribution in [0.2, 0.25) is 0 Å². The van der Waals surface area contributed by atoms with Crippen molar-refractivity contribution >= 4 is 0 Å². The van der Waals surface area contributed by atoms with Gasteiger partial charge in [0.05, 0.1) is 18.6 Å². The lowest BCUT2D eigenvalue weighted by Gasteiger charge is -2.18. The maximum absolute atomic E-state index is 4.38. The third kappa shape index (κ3) is 2.16. The molecule has 3 aromatic rings. The molecule has 0 fully saturated rings. The Kier molecular flexibility index (Phi) is 2.70. The summed E-state index contributed by atoms with van der Waals surface area (Å²) in [6, 6.07) is 0. The zero-order chi connectivity index (χ0) is 13.4. The molecule has 0 spiro atoms. The van der Waals surface area contributed by atoms with Gasteiger partial charge >= 0.3 is 0 Å². The predicted molar refractivity (Wildman–Crippen MR) is 70.7 cm³/mol. The van der Waals surface area contributed by atoms with E-state index in [0.29, 0.717) is 0 Å². The molecule has 0 aliphatic heterocycles. The minimum Gasteiger partial charge on any atom is -0.227 e. The van der Waals surface area contributed by atoms with Crippen molar-refractivity contribution < 1.29 is 0 Å². The summed E-state index contributed by atoms with van der Waals surface area (Å²) in [7, 11) is 0. The first kappa shape index (κ1) is 11.7. The highest BCUT2D eigenvalue weighted by molar-refractivity contribution is 5.05. The lowest BCUT2D eigenvalue weighted by atomic mass is 10.4. The van der Waals surface area contributed by atoms with Gasteiger partial charge in [0, 0.05) is 18.6 Å². The molecule has 0 atom stereocenters. The second-order valence-electron chi connectivity index (χ2n) is 4.84. The van der Waals surface area contributed by atoms with E-state index < -0.39 is 0 Å². The monoisotopic (exact) mass is 256 g/mol. The molecular weight excluding hydrogens is 240 g/mol. The molecule has 0 aliphatic rings. The minimum atomic E-state index is -0.212. The Morgan fingerprint density at radius 3 is 1.21 bits per heavy atom. The Hall–Kier alpha value is -2.37. The first-order valence-electron chi connectivity index (χ1n) is 6.16. The van der Waals surface area contributed by atoms with Gasteiger partial charge < -0.3 is 0 Å². The Balaban J connectivity index is 2.10. The Bertz CT molecular complexity index is 594. The van der Waals surface area contributed by atoms with Gasteiger partial charge in [-0.15, -0.1) is 0 Å². The van der Waals surface area contributed by atoms with Crippen LogP contribution in [0.5, 0.6) is 0 Å². The molecule has 98 valence electrons. The fraction of sp³-hybridized carbons (Fsp3) is 0.308. The van der Waals surface area contributed by atoms with Crippen molar-refractivity contribution in [3.63, 3.8) is 0 Å². The van der Waals surface area contributed by atoms with E-state index >= 15 is 0 Å². The van der Waals surface area contributed by atoms with E-state index in [1.165, 1.54) is 0 Å². The maximum atomic E-state index is 4.38. The Morgan fingerprint density at radius 1 is 0.684 bits per heavy atom. The highest BCUT2D eigenvalue weighted by atomic mass is 15.6. The van der Waals surface area contributed by atoms with Crippen LogP contribution in [0.3, 0.4) is 0 Å². The van der Waals surface area contributed by atoms with Crippen molar-refractivity contribution in [2.45, 2.75) is 27.1 Å². The van der Waals surface area contributed by atoms with Crippen molar-refractivity contribution in [3.8, 4) is 0 Å². The predicted octanol–water partition coefficient (Wildman–Crippen LogP) is 1.75. The topological polar surface area (TPSA) is 53.5 Å². The van der Waals surface area contributed by atoms with Crippen LogP contribution in [0.1, 0.15) is 23.0 Å². The van der Waals surface area contributed by atoms with Crippen LogP contribution in [0, 0.1) is 20.8 Å². The fourth-order valence-electron chi connectivity index (χ4n) is 2.04. The van der Waals surface area contributed by atoms with Gasteiger partial charge in [-0.05, 0) is 37.5 Å². The van der Waals surface area contributed by atoms with Gasteiger partial charge in [-0.25, -0.2) is 14.0 Å². The van der Waals surface area contributed by atoms with E-state index in [-0.39, 0.29) is 6.29 Å². The Labute approximate surface area is 111 Å². The molecule has 19 heavy (non-hydrogen) atoms. The molecular formula is C13H16N6. The zero-order valence-electron chi connectivity index (χ0n) is 11.2. The first-order chi connectivity index (χ1) is 9.13. The summed E-state index contributed by atoms with van der Waals surface area (Å²) in [5, 5.41) is 13.1. The third-order valence-corrected chi connectivity index (χ3v) is 2.90. The highest BCUT2D eigenvalue weighted by Gasteiger charge is 2.17. The average molecular weight is 256 g/mol. The lowest BCUT2D eigenvalue weighted by molar-refractivity contribution is 0.284. The van der Waals surface area contributed by atoms with Crippen LogP contribution in [-0.2, 0) is 0 Å². The van der Waals surface area contributed by atoms with Crippen molar-refractivity contribution in [2.75, 3.05) is 0 Å². The number of nitrogens with zero attached hydrogens (tertiary/aromatic N) is 6. The van der Waals surface area contributed by atoms with E-state index in [4.69, 9.17) is 0 Å². The summed E-state index contributed by atoms with van der Waals surface area (Å²) in [5.41, 5.74) is 3.33. The number of aromatic nitrogens is 6. The number of rotatable bonds is 3. The largest absolute Gasteiger partial charge is 0.238 e. The summed E-state index contributed by atoms with van der Waals surface area (Å²) < 4.78 is 5.57. The number of aryl methyl sites for hydroxylation is 3. The number of hydrogen-bond donors (Lipinski definition) is 0. The van der Waals surface area contributed by atoms with Crippen LogP contribution in [-0.4, -0.2) is 29.3 Å². The lowest BCUT2D eigenvalue weighted by Crippen LogP contribution is -2.27. The molecule has 0 N–H and O–H groups in total. The average Bonchev–Trinajstić information content (AvgIpc) is 3.05. The number of hydrogen-bond acceptors (Lipinski definition) is 3. The van der Waals surface area contributed by atoms with Crippen LogP contribution in [0.15, 0.2) is 37.2 Å². The summed E-state index contributed by atoms with van der Waals surface area (Å²) in [4.78, 5) is 0. The molecule has 0 aromatic carbocycles. The third-order valence-electron chi connectivity index (χ3n) is 2.90. The summed E-state index contributed by atoms with van der Waals surface area (Å²) in [6.45, 7) is 6.05. The summed E-state index contributed by atoms with van der Waals surface area (Å²) in [5.74, 6) is 0. The molecule has 6 heteroatoms. The van der Waals surface area contributed by atoms with E-state index in [0.717, 1.165) is 16.7 Å². The van der Waals surface area contributed by atoms with Crippen LogP contribution < -0.4 is 0 Å². The van der Waals surface area contributed by atoms with Crippen LogP contribution >= 0.6 is 0 Å². The van der Waals surface area contributed by atoms with Gasteiger partial charge in [-0.1, -0.05) is 0 Å². The molecule has 0 bridgehead atoms. The van der Waals surface area contributed by atoms with E-state index in [2.05, 4.69) is 15.3 Å². The summed E-state index contributed by atoms with van der Waals surface area (Å²) in [6.07, 6.45) is 11.2. The molecule has 0 radical (unpaired) electrons. The molecule has 0 amide bonds. The minimum absolute atomic E-state index is 0.212. The van der Waals surface area contributed by atoms with Crippen molar-refractivity contribution in [1.29, 1.82) is 0 Å². The molecule has 3 rings (SSSR count). The van der Waals surface area contributed by atoms with Gasteiger partial charge in [-0.2, -0.15) is 15.3 Å². The zero-order valence-corrected chi connectivity index (χ0v) is 11.2. The summed E-state index contributed by atoms with van der Waals surface area (Å²) >= 11 is 0. The maximum Gasteiger partial charge on any atom is 0.238 e. The first-order valence-corrected chi connectivity index (χ1v) is 6.16. The van der Waals surface area contributed by atoms with Gasteiger partial charge in [0.15, 0.2) is 0 Å². The van der Waals surface area contributed by atoms with Crippen molar-refractivity contribution in [2.24, 2.45) is 0 Å². The standard InChI is InChI=1S/C13H16N6/c1-10-4-14-17(7-10)13(18-8-11(2)5-15-18)19-9-12(3)6-16-19/h4-9,13H,1-3H3. The molecule has 0 aliphatic carbocycles. The SMILES string of the molecule is Cc1cnn(C(n2cc(C)cn2)n2cc(C)cn2)c1. The van der Waals surface area contributed by atoms with E-state index in [1.807, 2.05) is 72.0 Å².